The zero-order chi connectivity index (χ0) is 14.7. The standard InChI is InChI=1S/C17H19ClN2O/c18-14-3-1-2-12(10-14)11-17(20-19)13-4-6-15(7-5-13)21-16-8-9-16/h1-7,10,16-17,20H,8-9,11,19H2. The third-order valence-corrected chi connectivity index (χ3v) is 3.87. The Kier molecular flexibility index (Phi) is 4.44. The van der Waals surface area contributed by atoms with E-state index in [2.05, 4.69) is 23.6 Å². The highest BCUT2D eigenvalue weighted by Crippen LogP contribution is 2.28. The van der Waals surface area contributed by atoms with Crippen molar-refractivity contribution < 1.29 is 4.74 Å². The molecule has 0 saturated heterocycles. The molecule has 3 nitrogen and oxygen atoms in total. The summed E-state index contributed by atoms with van der Waals surface area (Å²) in [7, 11) is 0. The van der Waals surface area contributed by atoms with Crippen molar-refractivity contribution in [1.82, 2.24) is 5.43 Å². The lowest BCUT2D eigenvalue weighted by molar-refractivity contribution is 0.303. The van der Waals surface area contributed by atoms with Gasteiger partial charge in [0, 0.05) is 11.1 Å². The van der Waals surface area contributed by atoms with Gasteiger partial charge in [-0.1, -0.05) is 35.9 Å². The molecule has 4 heteroatoms. The fraction of sp³-hybridized carbons (Fsp3) is 0.294. The number of hydrogen-bond acceptors (Lipinski definition) is 3. The highest BCUT2D eigenvalue weighted by molar-refractivity contribution is 6.30. The Morgan fingerprint density at radius 1 is 1.19 bits per heavy atom. The maximum absolute atomic E-state index is 6.02. The zero-order valence-electron chi connectivity index (χ0n) is 11.8. The molecule has 1 aliphatic carbocycles. The smallest absolute Gasteiger partial charge is 0.119 e. The first-order chi connectivity index (χ1) is 10.2. The summed E-state index contributed by atoms with van der Waals surface area (Å²) < 4.78 is 5.76. The summed E-state index contributed by atoms with van der Waals surface area (Å²) in [5.41, 5.74) is 5.17. The average Bonchev–Trinajstić information content (AvgIpc) is 3.30. The van der Waals surface area contributed by atoms with Gasteiger partial charge in [0.15, 0.2) is 0 Å². The summed E-state index contributed by atoms with van der Waals surface area (Å²) in [6, 6.07) is 16.1. The molecule has 2 aromatic carbocycles. The normalized spacial score (nSPS) is 15.7. The van der Waals surface area contributed by atoms with E-state index >= 15 is 0 Å². The molecule has 1 unspecified atom stereocenters. The molecule has 3 N–H and O–H groups in total. The largest absolute Gasteiger partial charge is 0.490 e. The van der Waals surface area contributed by atoms with E-state index in [-0.39, 0.29) is 6.04 Å². The van der Waals surface area contributed by atoms with Gasteiger partial charge in [0.1, 0.15) is 5.75 Å². The van der Waals surface area contributed by atoms with Crippen LogP contribution < -0.4 is 16.0 Å². The third-order valence-electron chi connectivity index (χ3n) is 3.64. The van der Waals surface area contributed by atoms with Gasteiger partial charge < -0.3 is 4.74 Å². The molecule has 0 aliphatic heterocycles. The SMILES string of the molecule is NNC(Cc1cccc(Cl)c1)c1ccc(OC2CC2)cc1. The summed E-state index contributed by atoms with van der Waals surface area (Å²) in [5, 5.41) is 0.747. The molecule has 0 spiro atoms. The van der Waals surface area contributed by atoms with E-state index in [0.29, 0.717) is 6.10 Å². The van der Waals surface area contributed by atoms with Crippen molar-refractivity contribution in [2.45, 2.75) is 31.4 Å². The maximum atomic E-state index is 6.02. The van der Waals surface area contributed by atoms with Crippen LogP contribution in [0.15, 0.2) is 48.5 Å². The van der Waals surface area contributed by atoms with Crippen LogP contribution in [0.4, 0.5) is 0 Å². The van der Waals surface area contributed by atoms with Crippen LogP contribution in [-0.2, 0) is 6.42 Å². The minimum Gasteiger partial charge on any atom is -0.490 e. The first-order valence-corrected chi connectivity index (χ1v) is 7.59. The van der Waals surface area contributed by atoms with Gasteiger partial charge in [0.05, 0.1) is 6.10 Å². The topological polar surface area (TPSA) is 47.3 Å². The molecule has 2 aromatic rings. The van der Waals surface area contributed by atoms with E-state index in [1.807, 2.05) is 30.3 Å². The number of nitrogens with one attached hydrogen (secondary N) is 1. The molecular weight excluding hydrogens is 284 g/mol. The summed E-state index contributed by atoms with van der Waals surface area (Å²) in [4.78, 5) is 0. The predicted molar refractivity (Wildman–Crippen MR) is 85.3 cm³/mol. The summed E-state index contributed by atoms with van der Waals surface area (Å²) >= 11 is 6.02. The summed E-state index contributed by atoms with van der Waals surface area (Å²) in [5.74, 6) is 6.64. The number of rotatable bonds is 6. The van der Waals surface area contributed by atoms with Crippen molar-refractivity contribution in [2.24, 2.45) is 5.84 Å². The minimum atomic E-state index is 0.0541. The molecule has 110 valence electrons. The van der Waals surface area contributed by atoms with E-state index in [1.165, 1.54) is 12.8 Å². The Labute approximate surface area is 130 Å². The Morgan fingerprint density at radius 3 is 2.57 bits per heavy atom. The molecule has 1 fully saturated rings. The van der Waals surface area contributed by atoms with E-state index in [1.54, 1.807) is 0 Å². The van der Waals surface area contributed by atoms with E-state index in [4.69, 9.17) is 22.2 Å². The van der Waals surface area contributed by atoms with Gasteiger partial charge in [0.25, 0.3) is 0 Å². The van der Waals surface area contributed by atoms with Crippen LogP contribution in [0.3, 0.4) is 0 Å². The van der Waals surface area contributed by atoms with Crippen molar-refractivity contribution in [3.05, 3.63) is 64.7 Å². The van der Waals surface area contributed by atoms with Crippen molar-refractivity contribution in [3.63, 3.8) is 0 Å². The molecule has 3 rings (SSSR count). The monoisotopic (exact) mass is 302 g/mol. The fourth-order valence-electron chi connectivity index (χ4n) is 2.33. The van der Waals surface area contributed by atoms with Gasteiger partial charge in [-0.2, -0.15) is 0 Å². The molecule has 1 aliphatic rings. The maximum Gasteiger partial charge on any atom is 0.119 e. The van der Waals surface area contributed by atoms with Gasteiger partial charge in [-0.3, -0.25) is 11.3 Å². The molecule has 1 saturated carbocycles. The lowest BCUT2D eigenvalue weighted by Gasteiger charge is -2.17. The van der Waals surface area contributed by atoms with Crippen LogP contribution >= 0.6 is 11.6 Å². The Morgan fingerprint density at radius 2 is 1.95 bits per heavy atom. The lowest BCUT2D eigenvalue weighted by Crippen LogP contribution is -2.29. The Bertz CT molecular complexity index is 596. The fourth-order valence-corrected chi connectivity index (χ4v) is 2.54. The lowest BCUT2D eigenvalue weighted by atomic mass is 9.99. The van der Waals surface area contributed by atoms with E-state index in [9.17, 15) is 0 Å². The van der Waals surface area contributed by atoms with Gasteiger partial charge in [-0.15, -0.1) is 0 Å². The van der Waals surface area contributed by atoms with Gasteiger partial charge in [0.2, 0.25) is 0 Å². The van der Waals surface area contributed by atoms with Crippen LogP contribution in [0.1, 0.15) is 30.0 Å². The molecule has 1 atom stereocenters. The van der Waals surface area contributed by atoms with Crippen LogP contribution in [-0.4, -0.2) is 6.10 Å². The zero-order valence-corrected chi connectivity index (χ0v) is 12.5. The van der Waals surface area contributed by atoms with Crippen LogP contribution in [0.2, 0.25) is 5.02 Å². The molecule has 0 aromatic heterocycles. The van der Waals surface area contributed by atoms with Crippen molar-refractivity contribution in [1.29, 1.82) is 0 Å². The van der Waals surface area contributed by atoms with E-state index in [0.717, 1.165) is 28.3 Å². The number of benzene rings is 2. The summed E-state index contributed by atoms with van der Waals surface area (Å²) in [6.45, 7) is 0. The molecular formula is C17H19ClN2O. The first-order valence-electron chi connectivity index (χ1n) is 7.22. The second kappa shape index (κ2) is 6.48. The average molecular weight is 303 g/mol. The van der Waals surface area contributed by atoms with Crippen LogP contribution in [0.5, 0.6) is 5.75 Å². The molecule has 0 radical (unpaired) electrons. The minimum absolute atomic E-state index is 0.0541. The third kappa shape index (κ3) is 3.97. The number of nitrogens with two attached hydrogens (primary N) is 1. The Balaban J connectivity index is 1.69. The van der Waals surface area contributed by atoms with Gasteiger partial charge >= 0.3 is 0 Å². The number of ether oxygens (including phenoxy) is 1. The van der Waals surface area contributed by atoms with Crippen LogP contribution in [0, 0.1) is 0 Å². The molecule has 21 heavy (non-hydrogen) atoms. The number of hydrazine groups is 1. The second-order valence-corrected chi connectivity index (χ2v) is 5.88. The van der Waals surface area contributed by atoms with Crippen molar-refractivity contribution in [3.8, 4) is 5.75 Å². The molecule has 0 amide bonds. The quantitative estimate of drug-likeness (QED) is 0.633. The summed E-state index contributed by atoms with van der Waals surface area (Å²) in [6.07, 6.45) is 3.55. The van der Waals surface area contributed by atoms with E-state index < -0.39 is 0 Å². The van der Waals surface area contributed by atoms with Crippen molar-refractivity contribution >= 4 is 11.6 Å². The predicted octanol–water partition coefficient (Wildman–Crippen LogP) is 3.63. The molecule has 0 heterocycles. The van der Waals surface area contributed by atoms with Crippen molar-refractivity contribution in [2.75, 3.05) is 0 Å². The highest BCUT2D eigenvalue weighted by atomic mass is 35.5. The van der Waals surface area contributed by atoms with Crippen LogP contribution in [0.25, 0.3) is 0 Å². The first kappa shape index (κ1) is 14.4. The van der Waals surface area contributed by atoms with Gasteiger partial charge in [-0.05, 0) is 54.7 Å². The second-order valence-electron chi connectivity index (χ2n) is 5.44. The highest BCUT2D eigenvalue weighted by Gasteiger charge is 2.23. The Hall–Kier alpha value is -1.55. The molecule has 0 bridgehead atoms. The number of hydrogen-bond donors (Lipinski definition) is 2. The van der Waals surface area contributed by atoms with Gasteiger partial charge in [-0.25, -0.2) is 0 Å². The number of halogens is 1.